The molecule has 0 saturated heterocycles. The number of ether oxygens (including phenoxy) is 3. The molecule has 0 spiro atoms. The van der Waals surface area contributed by atoms with Crippen LogP contribution < -0.4 is 20.1 Å². The van der Waals surface area contributed by atoms with Gasteiger partial charge in [-0.05, 0) is 31.2 Å². The summed E-state index contributed by atoms with van der Waals surface area (Å²) in [7, 11) is 2.97. The Morgan fingerprint density at radius 3 is 2.46 bits per heavy atom. The van der Waals surface area contributed by atoms with Gasteiger partial charge in [-0.2, -0.15) is 0 Å². The highest BCUT2D eigenvalue weighted by Gasteiger charge is 2.19. The normalized spacial score (nSPS) is 11.1. The Bertz CT molecular complexity index is 852. The number of methoxy groups -OCH3 is 2. The van der Waals surface area contributed by atoms with Crippen LogP contribution in [0.2, 0.25) is 0 Å². The van der Waals surface area contributed by atoms with E-state index >= 15 is 0 Å². The fraction of sp³-hybridized carbons (Fsp3) is 0.250. The number of benzene rings is 2. The van der Waals surface area contributed by atoms with Crippen molar-refractivity contribution in [2.45, 2.75) is 13.0 Å². The van der Waals surface area contributed by atoms with Crippen LogP contribution in [-0.4, -0.2) is 44.7 Å². The van der Waals surface area contributed by atoms with Gasteiger partial charge in [0.05, 0.1) is 19.8 Å². The van der Waals surface area contributed by atoms with Crippen molar-refractivity contribution in [1.29, 1.82) is 0 Å². The molecule has 0 aliphatic heterocycles. The summed E-state index contributed by atoms with van der Waals surface area (Å²) in [6, 6.07) is 13.4. The maximum atomic E-state index is 12.2. The van der Waals surface area contributed by atoms with Crippen LogP contribution in [0.5, 0.6) is 11.5 Å². The van der Waals surface area contributed by atoms with E-state index in [1.165, 1.54) is 21.1 Å². The molecule has 8 nitrogen and oxygen atoms in total. The number of carbonyl (C=O) groups is 3. The Morgan fingerprint density at radius 1 is 1.00 bits per heavy atom. The van der Waals surface area contributed by atoms with E-state index < -0.39 is 23.9 Å². The number of carbonyl (C=O) groups excluding carboxylic acids is 3. The van der Waals surface area contributed by atoms with Crippen molar-refractivity contribution in [2.75, 3.05) is 26.1 Å². The molecule has 148 valence electrons. The second kappa shape index (κ2) is 9.96. The fourth-order valence-corrected chi connectivity index (χ4v) is 2.32. The van der Waals surface area contributed by atoms with Crippen LogP contribution in [0.25, 0.3) is 0 Å². The van der Waals surface area contributed by atoms with Crippen LogP contribution in [0, 0.1) is 0 Å². The zero-order valence-corrected chi connectivity index (χ0v) is 15.9. The first-order valence-corrected chi connectivity index (χ1v) is 8.50. The minimum atomic E-state index is -1.04. The van der Waals surface area contributed by atoms with Crippen molar-refractivity contribution in [3.05, 3.63) is 54.1 Å². The van der Waals surface area contributed by atoms with Crippen LogP contribution in [0.15, 0.2) is 48.5 Å². The van der Waals surface area contributed by atoms with Crippen molar-refractivity contribution >= 4 is 23.5 Å². The first-order chi connectivity index (χ1) is 13.4. The van der Waals surface area contributed by atoms with Gasteiger partial charge in [-0.3, -0.25) is 14.4 Å². The summed E-state index contributed by atoms with van der Waals surface area (Å²) in [6.07, 6.45) is -1.04. The summed E-state index contributed by atoms with van der Waals surface area (Å²) in [6.45, 7) is 1.06. The Labute approximate surface area is 162 Å². The Morgan fingerprint density at radius 2 is 1.75 bits per heavy atom. The summed E-state index contributed by atoms with van der Waals surface area (Å²) in [5.74, 6) is -0.752. The van der Waals surface area contributed by atoms with E-state index in [0.29, 0.717) is 22.7 Å². The highest BCUT2D eigenvalue weighted by molar-refractivity contribution is 5.99. The Hall–Kier alpha value is -3.55. The molecule has 2 aromatic carbocycles. The van der Waals surface area contributed by atoms with Gasteiger partial charge in [0.2, 0.25) is 0 Å². The lowest BCUT2D eigenvalue weighted by molar-refractivity contribution is -0.152. The van der Waals surface area contributed by atoms with Gasteiger partial charge in [-0.25, -0.2) is 0 Å². The minimum Gasteiger partial charge on any atom is -0.497 e. The first kappa shape index (κ1) is 20.8. The van der Waals surface area contributed by atoms with Gasteiger partial charge in [0.1, 0.15) is 18.0 Å². The van der Waals surface area contributed by atoms with Crippen LogP contribution in [0.4, 0.5) is 5.69 Å². The van der Waals surface area contributed by atoms with E-state index in [-0.39, 0.29) is 6.54 Å². The van der Waals surface area contributed by atoms with E-state index in [1.807, 2.05) is 0 Å². The Balaban J connectivity index is 1.84. The minimum absolute atomic E-state index is 0.293. The number of nitrogens with one attached hydrogen (secondary N) is 2. The molecule has 0 heterocycles. The quantitative estimate of drug-likeness (QED) is 0.673. The smallest absolute Gasteiger partial charge is 0.326 e. The van der Waals surface area contributed by atoms with Gasteiger partial charge in [0.15, 0.2) is 6.10 Å². The molecule has 2 N–H and O–H groups in total. The lowest BCUT2D eigenvalue weighted by atomic mass is 10.2. The van der Waals surface area contributed by atoms with Gasteiger partial charge < -0.3 is 24.8 Å². The van der Waals surface area contributed by atoms with E-state index in [1.54, 1.807) is 48.5 Å². The number of rotatable bonds is 8. The van der Waals surface area contributed by atoms with Crippen molar-refractivity contribution < 1.29 is 28.6 Å². The SMILES string of the molecule is COc1cccc(NC(=O)[C@H](C)OC(=O)CNC(=O)c2ccccc2OC)c1. The molecule has 2 amide bonds. The molecule has 0 aromatic heterocycles. The summed E-state index contributed by atoms with van der Waals surface area (Å²) < 4.78 is 15.2. The average Bonchev–Trinajstić information content (AvgIpc) is 2.71. The highest BCUT2D eigenvalue weighted by atomic mass is 16.5. The molecule has 0 unspecified atom stereocenters. The number of hydrogen-bond acceptors (Lipinski definition) is 6. The van der Waals surface area contributed by atoms with Crippen molar-refractivity contribution in [1.82, 2.24) is 5.32 Å². The summed E-state index contributed by atoms with van der Waals surface area (Å²) >= 11 is 0. The standard InChI is InChI=1S/C20H22N2O6/c1-13(19(24)22-14-7-6-8-15(11-14)26-2)28-18(23)12-21-20(25)16-9-4-5-10-17(16)27-3/h4-11,13H,12H2,1-3H3,(H,21,25)(H,22,24)/t13-/m0/s1. The third-order valence-corrected chi connectivity index (χ3v) is 3.76. The lowest BCUT2D eigenvalue weighted by Gasteiger charge is -2.14. The summed E-state index contributed by atoms with van der Waals surface area (Å²) in [4.78, 5) is 36.3. The monoisotopic (exact) mass is 386 g/mol. The molecular weight excluding hydrogens is 364 g/mol. The predicted molar refractivity (Wildman–Crippen MR) is 103 cm³/mol. The number of hydrogen-bond donors (Lipinski definition) is 2. The van der Waals surface area contributed by atoms with Crippen LogP contribution in [0.3, 0.4) is 0 Å². The van der Waals surface area contributed by atoms with Crippen molar-refractivity contribution in [2.24, 2.45) is 0 Å². The molecule has 2 rings (SSSR count). The van der Waals surface area contributed by atoms with Gasteiger partial charge in [0, 0.05) is 11.8 Å². The van der Waals surface area contributed by atoms with Crippen LogP contribution in [-0.2, 0) is 14.3 Å². The summed E-state index contributed by atoms with van der Waals surface area (Å²) in [5.41, 5.74) is 0.804. The molecule has 8 heteroatoms. The molecule has 28 heavy (non-hydrogen) atoms. The maximum Gasteiger partial charge on any atom is 0.326 e. The van der Waals surface area contributed by atoms with E-state index in [9.17, 15) is 14.4 Å². The van der Waals surface area contributed by atoms with Gasteiger partial charge in [0.25, 0.3) is 11.8 Å². The third-order valence-electron chi connectivity index (χ3n) is 3.76. The molecule has 1 atom stereocenters. The van der Waals surface area contributed by atoms with E-state index in [4.69, 9.17) is 14.2 Å². The second-order valence-corrected chi connectivity index (χ2v) is 5.74. The molecule has 0 saturated carbocycles. The average molecular weight is 386 g/mol. The van der Waals surface area contributed by atoms with Crippen molar-refractivity contribution in [3.8, 4) is 11.5 Å². The molecule has 0 fully saturated rings. The highest BCUT2D eigenvalue weighted by Crippen LogP contribution is 2.18. The molecular formula is C20H22N2O6. The topological polar surface area (TPSA) is 103 Å². The summed E-state index contributed by atoms with van der Waals surface area (Å²) in [5, 5.41) is 5.07. The van der Waals surface area contributed by atoms with Crippen molar-refractivity contribution in [3.63, 3.8) is 0 Å². The fourth-order valence-electron chi connectivity index (χ4n) is 2.32. The van der Waals surface area contributed by atoms with E-state index in [0.717, 1.165) is 0 Å². The maximum absolute atomic E-state index is 12.2. The number of esters is 1. The number of amides is 2. The molecule has 2 aromatic rings. The van der Waals surface area contributed by atoms with Gasteiger partial charge in [-0.1, -0.05) is 18.2 Å². The largest absolute Gasteiger partial charge is 0.497 e. The number of anilines is 1. The second-order valence-electron chi connectivity index (χ2n) is 5.74. The number of para-hydroxylation sites is 1. The van der Waals surface area contributed by atoms with Gasteiger partial charge >= 0.3 is 5.97 Å². The van der Waals surface area contributed by atoms with Crippen LogP contribution in [0.1, 0.15) is 17.3 Å². The lowest BCUT2D eigenvalue weighted by Crippen LogP contribution is -2.36. The first-order valence-electron chi connectivity index (χ1n) is 8.50. The zero-order chi connectivity index (χ0) is 20.5. The Kier molecular flexibility index (Phi) is 7.38. The molecule has 0 aliphatic carbocycles. The van der Waals surface area contributed by atoms with Crippen LogP contribution >= 0.6 is 0 Å². The zero-order valence-electron chi connectivity index (χ0n) is 15.9. The third kappa shape index (κ3) is 5.73. The molecule has 0 bridgehead atoms. The van der Waals surface area contributed by atoms with E-state index in [2.05, 4.69) is 10.6 Å². The predicted octanol–water partition coefficient (Wildman–Crippen LogP) is 2.00. The van der Waals surface area contributed by atoms with Gasteiger partial charge in [-0.15, -0.1) is 0 Å². The molecule has 0 radical (unpaired) electrons. The molecule has 0 aliphatic rings.